The van der Waals surface area contributed by atoms with Gasteiger partial charge in [0.2, 0.25) is 5.75 Å². The maximum atomic E-state index is 12.1. The molecule has 0 bridgehead atoms. The van der Waals surface area contributed by atoms with Crippen LogP contribution in [-0.2, 0) is 0 Å². The van der Waals surface area contributed by atoms with E-state index >= 15 is 0 Å². The Morgan fingerprint density at radius 2 is 1.96 bits per heavy atom. The molecule has 0 unspecified atom stereocenters. The molecule has 0 amide bonds. The van der Waals surface area contributed by atoms with Crippen molar-refractivity contribution < 1.29 is 24.9 Å². The van der Waals surface area contributed by atoms with Crippen molar-refractivity contribution in [2.75, 3.05) is 13.7 Å². The van der Waals surface area contributed by atoms with E-state index in [0.717, 1.165) is 6.07 Å². The summed E-state index contributed by atoms with van der Waals surface area (Å²) in [5.41, 5.74) is 0.490. The van der Waals surface area contributed by atoms with Crippen molar-refractivity contribution in [3.05, 3.63) is 44.9 Å². The van der Waals surface area contributed by atoms with Gasteiger partial charge < -0.3 is 20.1 Å². The van der Waals surface area contributed by atoms with E-state index in [0.29, 0.717) is 15.1 Å². The Balaban J connectivity index is 2.18. The van der Waals surface area contributed by atoms with Crippen LogP contribution in [0.1, 0.15) is 15.9 Å². The summed E-state index contributed by atoms with van der Waals surface area (Å²) in [6.07, 6.45) is 1.32. The molecule has 24 heavy (non-hydrogen) atoms. The lowest BCUT2D eigenvalue weighted by molar-refractivity contribution is 0.100. The molecule has 3 N–H and O–H groups in total. The lowest BCUT2D eigenvalue weighted by atomic mass is 10.1. The Morgan fingerprint density at radius 3 is 2.62 bits per heavy atom. The number of ether oxygens (including phenoxy) is 1. The number of hydrogen-bond donors (Lipinski definition) is 3. The zero-order valence-electron chi connectivity index (χ0n) is 12.5. The molecule has 0 saturated carbocycles. The number of hydrogen-bond acceptors (Lipinski definition) is 6. The quantitative estimate of drug-likeness (QED) is 0.395. The number of phenols is 3. The Morgan fingerprint density at radius 1 is 1.25 bits per heavy atom. The molecule has 0 heterocycles. The number of nitrogens with zero attached hydrogens (tertiary/aromatic N) is 1. The monoisotopic (exact) mass is 413 g/mol. The second-order valence-corrected chi connectivity index (χ2v) is 6.06. The van der Waals surface area contributed by atoms with Crippen molar-refractivity contribution in [3.63, 3.8) is 0 Å². The van der Waals surface area contributed by atoms with Crippen molar-refractivity contribution in [2.24, 2.45) is 4.99 Å². The molecule has 0 spiro atoms. The van der Waals surface area contributed by atoms with Gasteiger partial charge in [-0.1, -0.05) is 11.6 Å². The van der Waals surface area contributed by atoms with Crippen molar-refractivity contribution in [3.8, 4) is 23.0 Å². The molecule has 2 aromatic carbocycles. The van der Waals surface area contributed by atoms with Crippen LogP contribution in [0.3, 0.4) is 0 Å². The minimum absolute atomic E-state index is 0.0151. The van der Waals surface area contributed by atoms with Gasteiger partial charge in [-0.2, -0.15) is 0 Å². The lowest BCUT2D eigenvalue weighted by Gasteiger charge is -2.07. The van der Waals surface area contributed by atoms with E-state index in [2.05, 4.69) is 20.9 Å². The molecule has 0 atom stereocenters. The third-order valence-electron chi connectivity index (χ3n) is 3.12. The number of carbonyl (C=O) groups is 1. The van der Waals surface area contributed by atoms with Crippen molar-refractivity contribution >= 4 is 39.5 Å². The average molecular weight is 415 g/mol. The first-order chi connectivity index (χ1) is 11.3. The summed E-state index contributed by atoms with van der Waals surface area (Å²) in [4.78, 5) is 16.1. The van der Waals surface area contributed by atoms with E-state index < -0.39 is 17.3 Å². The number of carbonyl (C=O) groups excluding carboxylic acids is 1. The van der Waals surface area contributed by atoms with E-state index in [1.165, 1.54) is 31.5 Å². The Kier molecular flexibility index (Phi) is 5.69. The van der Waals surface area contributed by atoms with E-state index in [1.807, 2.05) is 0 Å². The van der Waals surface area contributed by atoms with Crippen LogP contribution in [0.15, 0.2) is 33.7 Å². The Hall–Kier alpha value is -2.25. The molecule has 0 saturated heterocycles. The third-order valence-corrected chi connectivity index (χ3v) is 3.94. The minimum Gasteiger partial charge on any atom is -0.506 e. The number of halogens is 2. The molecule has 6 nitrogen and oxygen atoms in total. The van der Waals surface area contributed by atoms with Crippen LogP contribution in [0.25, 0.3) is 0 Å². The first-order valence-corrected chi connectivity index (χ1v) is 7.81. The summed E-state index contributed by atoms with van der Waals surface area (Å²) in [5, 5.41) is 29.4. The summed E-state index contributed by atoms with van der Waals surface area (Å²) in [6.45, 7) is -0.225. The van der Waals surface area contributed by atoms with E-state index in [1.54, 1.807) is 0 Å². The van der Waals surface area contributed by atoms with Gasteiger partial charge in [-0.25, -0.2) is 0 Å². The molecular weight excluding hydrogens is 402 g/mol. The highest BCUT2D eigenvalue weighted by Gasteiger charge is 2.14. The number of methoxy groups -OCH3 is 1. The highest BCUT2D eigenvalue weighted by Crippen LogP contribution is 2.36. The van der Waals surface area contributed by atoms with Gasteiger partial charge in [0.05, 0.1) is 11.6 Å². The molecule has 0 fully saturated rings. The Labute approximate surface area is 151 Å². The third kappa shape index (κ3) is 3.98. The van der Waals surface area contributed by atoms with Crippen LogP contribution in [0.2, 0.25) is 5.02 Å². The zero-order valence-corrected chi connectivity index (χ0v) is 14.8. The molecule has 2 rings (SSSR count). The second kappa shape index (κ2) is 7.55. The van der Waals surface area contributed by atoms with E-state index in [-0.39, 0.29) is 23.6 Å². The lowest BCUT2D eigenvalue weighted by Crippen LogP contribution is -2.04. The van der Waals surface area contributed by atoms with Gasteiger partial charge in [-0.15, -0.1) is 0 Å². The molecule has 2 aromatic rings. The van der Waals surface area contributed by atoms with Crippen LogP contribution in [-0.4, -0.2) is 41.0 Å². The molecule has 8 heteroatoms. The van der Waals surface area contributed by atoms with Crippen molar-refractivity contribution in [2.45, 2.75) is 0 Å². The molecule has 0 aliphatic carbocycles. The number of Topliss-reactive ketones (excluding diaryl/α,β-unsaturated/α-hetero) is 1. The normalized spacial score (nSPS) is 11.0. The van der Waals surface area contributed by atoms with Crippen LogP contribution in [0.5, 0.6) is 23.0 Å². The molecule has 0 aliphatic rings. The molecule has 0 aromatic heterocycles. The average Bonchev–Trinajstić information content (AvgIpc) is 2.54. The highest BCUT2D eigenvalue weighted by atomic mass is 79.9. The van der Waals surface area contributed by atoms with Crippen molar-refractivity contribution in [1.29, 1.82) is 0 Å². The smallest absolute Gasteiger partial charge is 0.200 e. The number of rotatable bonds is 5. The summed E-state index contributed by atoms with van der Waals surface area (Å²) >= 11 is 9.05. The van der Waals surface area contributed by atoms with Gasteiger partial charge in [0.25, 0.3) is 0 Å². The van der Waals surface area contributed by atoms with Crippen molar-refractivity contribution in [1.82, 2.24) is 0 Å². The first-order valence-electron chi connectivity index (χ1n) is 6.64. The molecule has 0 radical (unpaired) electrons. The number of aliphatic imine (C=N–C) groups is 1. The summed E-state index contributed by atoms with van der Waals surface area (Å²) in [6, 6.07) is 5.47. The topological polar surface area (TPSA) is 99.4 Å². The number of aromatic hydroxyl groups is 3. The fourth-order valence-corrected chi connectivity index (χ4v) is 2.75. The number of benzene rings is 2. The number of phenolic OH excluding ortho intramolecular Hbond substituents is 3. The summed E-state index contributed by atoms with van der Waals surface area (Å²) in [7, 11) is 1.31. The van der Waals surface area contributed by atoms with Crippen LogP contribution < -0.4 is 4.74 Å². The van der Waals surface area contributed by atoms with Crippen LogP contribution >= 0.6 is 27.5 Å². The van der Waals surface area contributed by atoms with E-state index in [9.17, 15) is 20.1 Å². The van der Waals surface area contributed by atoms with Gasteiger partial charge in [0.1, 0.15) is 12.3 Å². The molecular formula is C16H13BrClNO5. The van der Waals surface area contributed by atoms with Gasteiger partial charge in [0, 0.05) is 22.4 Å². The predicted octanol–water partition coefficient (Wildman–Crippen LogP) is 3.53. The Bertz CT molecular complexity index is 823. The van der Waals surface area contributed by atoms with Gasteiger partial charge in [-0.3, -0.25) is 9.79 Å². The first kappa shape index (κ1) is 18.1. The number of ketones is 1. The fourth-order valence-electron chi connectivity index (χ4n) is 1.91. The molecule has 0 aliphatic heterocycles. The predicted molar refractivity (Wildman–Crippen MR) is 93.9 cm³/mol. The highest BCUT2D eigenvalue weighted by molar-refractivity contribution is 9.10. The zero-order chi connectivity index (χ0) is 17.9. The van der Waals surface area contributed by atoms with Gasteiger partial charge in [0.15, 0.2) is 17.3 Å². The second-order valence-electron chi connectivity index (χ2n) is 4.76. The maximum Gasteiger partial charge on any atom is 0.200 e. The SMILES string of the molecule is COc1cc(C(=O)CN=Cc2cc(Cl)cc(Br)c2O)cc(O)c1O. The van der Waals surface area contributed by atoms with E-state index in [4.69, 9.17) is 16.3 Å². The van der Waals surface area contributed by atoms with Gasteiger partial charge >= 0.3 is 0 Å². The maximum absolute atomic E-state index is 12.1. The minimum atomic E-state index is -0.460. The van der Waals surface area contributed by atoms with Crippen LogP contribution in [0, 0.1) is 0 Å². The summed E-state index contributed by atoms with van der Waals surface area (Å²) < 4.78 is 5.29. The standard InChI is InChI=1S/C16H13BrClNO5/c1-24-14-4-8(3-12(20)16(14)23)13(21)7-19-6-9-2-10(18)5-11(17)15(9)22/h2-6,20,22-23H,7H2,1H3. The van der Waals surface area contributed by atoms with Gasteiger partial charge in [-0.05, 0) is 40.2 Å². The fraction of sp³-hybridized carbons (Fsp3) is 0.125. The van der Waals surface area contributed by atoms with Crippen LogP contribution in [0.4, 0.5) is 0 Å². The largest absolute Gasteiger partial charge is 0.506 e. The summed E-state index contributed by atoms with van der Waals surface area (Å²) in [5.74, 6) is -1.36. The molecule has 126 valence electrons.